The Kier molecular flexibility index (Phi) is 7.36. The lowest BCUT2D eigenvalue weighted by atomic mass is 9.99. The highest BCUT2D eigenvalue weighted by molar-refractivity contribution is 5.68. The summed E-state index contributed by atoms with van der Waals surface area (Å²) in [7, 11) is 0. The number of aliphatic hydroxyl groups excluding tert-OH is 1. The normalized spacial score (nSPS) is 26.8. The third-order valence-electron chi connectivity index (χ3n) is 3.99. The predicted molar refractivity (Wildman–Crippen MR) is 94.0 cm³/mol. The zero-order valence-corrected chi connectivity index (χ0v) is 16.1. The van der Waals surface area contributed by atoms with Crippen LogP contribution in [0.5, 0.6) is 5.75 Å². The Morgan fingerprint density at radius 1 is 0.893 bits per heavy atom. The number of aliphatic hydroxyl groups is 1. The van der Waals surface area contributed by atoms with Crippen molar-refractivity contribution in [2.24, 2.45) is 0 Å². The van der Waals surface area contributed by atoms with Crippen molar-refractivity contribution in [2.75, 3.05) is 0 Å². The molecular formula is C19H24O9. The van der Waals surface area contributed by atoms with Gasteiger partial charge < -0.3 is 28.8 Å². The molecule has 1 N–H and O–H groups in total. The van der Waals surface area contributed by atoms with Crippen LogP contribution < -0.4 is 4.74 Å². The van der Waals surface area contributed by atoms with Crippen molar-refractivity contribution in [1.29, 1.82) is 0 Å². The van der Waals surface area contributed by atoms with Crippen LogP contribution in [0.15, 0.2) is 24.3 Å². The van der Waals surface area contributed by atoms with Gasteiger partial charge in [-0.25, -0.2) is 0 Å². The summed E-state index contributed by atoms with van der Waals surface area (Å²) in [5.41, 5.74) is 0.689. The fourth-order valence-electron chi connectivity index (χ4n) is 2.87. The Labute approximate surface area is 162 Å². The molecule has 1 heterocycles. The first-order chi connectivity index (χ1) is 13.2. The quantitative estimate of drug-likeness (QED) is 0.557. The molecule has 0 amide bonds. The summed E-state index contributed by atoms with van der Waals surface area (Å²) < 4.78 is 27.4. The minimum atomic E-state index is -1.17. The van der Waals surface area contributed by atoms with E-state index in [0.717, 1.165) is 0 Å². The molecule has 5 atom stereocenters. The Bertz CT molecular complexity index is 700. The Morgan fingerprint density at radius 3 is 1.89 bits per heavy atom. The van der Waals surface area contributed by atoms with E-state index in [1.165, 1.54) is 20.8 Å². The second-order valence-electron chi connectivity index (χ2n) is 6.35. The third-order valence-corrected chi connectivity index (χ3v) is 3.99. The van der Waals surface area contributed by atoms with Gasteiger partial charge in [-0.3, -0.25) is 14.4 Å². The van der Waals surface area contributed by atoms with Crippen molar-refractivity contribution in [2.45, 2.75) is 65.0 Å². The van der Waals surface area contributed by atoms with Crippen LogP contribution in [0.1, 0.15) is 33.3 Å². The second-order valence-corrected chi connectivity index (χ2v) is 6.35. The molecule has 154 valence electrons. The van der Waals surface area contributed by atoms with Gasteiger partial charge in [0, 0.05) is 20.8 Å². The van der Waals surface area contributed by atoms with Crippen LogP contribution in [0, 0.1) is 0 Å². The first kappa shape index (κ1) is 21.6. The number of hydrogen-bond acceptors (Lipinski definition) is 9. The summed E-state index contributed by atoms with van der Waals surface area (Å²) in [5.74, 6) is -1.50. The summed E-state index contributed by atoms with van der Waals surface area (Å²) in [6, 6.07) is 6.55. The first-order valence-corrected chi connectivity index (χ1v) is 8.74. The Morgan fingerprint density at radius 2 is 1.39 bits per heavy atom. The fourth-order valence-corrected chi connectivity index (χ4v) is 2.87. The summed E-state index contributed by atoms with van der Waals surface area (Å²) in [6.45, 7) is 5.10. The summed E-state index contributed by atoms with van der Waals surface area (Å²) in [5, 5.41) is 9.13. The number of benzene rings is 1. The van der Waals surface area contributed by atoms with Gasteiger partial charge in [-0.2, -0.15) is 0 Å². The summed E-state index contributed by atoms with van der Waals surface area (Å²) >= 11 is 0. The molecule has 0 bridgehead atoms. The second kappa shape index (κ2) is 9.52. The van der Waals surface area contributed by atoms with Crippen LogP contribution in [0.3, 0.4) is 0 Å². The smallest absolute Gasteiger partial charge is 0.303 e. The Balaban J connectivity index is 2.32. The zero-order chi connectivity index (χ0) is 20.8. The maximum absolute atomic E-state index is 11.6. The van der Waals surface area contributed by atoms with Crippen molar-refractivity contribution in [1.82, 2.24) is 0 Å². The van der Waals surface area contributed by atoms with Crippen LogP contribution in [-0.4, -0.2) is 53.7 Å². The summed E-state index contributed by atoms with van der Waals surface area (Å²) in [4.78, 5) is 34.7. The van der Waals surface area contributed by atoms with Gasteiger partial charge in [-0.1, -0.05) is 12.1 Å². The minimum absolute atomic E-state index is 0.119. The van der Waals surface area contributed by atoms with Gasteiger partial charge in [0.15, 0.2) is 12.2 Å². The maximum Gasteiger partial charge on any atom is 0.303 e. The highest BCUT2D eigenvalue weighted by atomic mass is 16.7. The fraction of sp³-hybridized carbons (Fsp3) is 0.526. The molecule has 1 aliphatic rings. The number of ether oxygens (including phenoxy) is 5. The molecule has 0 spiro atoms. The molecular weight excluding hydrogens is 372 g/mol. The van der Waals surface area contributed by atoms with Crippen LogP contribution >= 0.6 is 0 Å². The molecule has 9 heteroatoms. The van der Waals surface area contributed by atoms with Gasteiger partial charge in [0.2, 0.25) is 12.4 Å². The molecule has 1 saturated heterocycles. The van der Waals surface area contributed by atoms with Gasteiger partial charge in [0.25, 0.3) is 0 Å². The predicted octanol–water partition coefficient (Wildman–Crippen LogP) is 1.10. The molecule has 2 rings (SSSR count). The van der Waals surface area contributed by atoms with Crippen molar-refractivity contribution >= 4 is 17.9 Å². The lowest BCUT2D eigenvalue weighted by Crippen LogP contribution is -2.62. The zero-order valence-electron chi connectivity index (χ0n) is 16.1. The molecule has 9 nitrogen and oxygen atoms in total. The topological polar surface area (TPSA) is 118 Å². The van der Waals surface area contributed by atoms with Gasteiger partial charge in [0.1, 0.15) is 5.75 Å². The lowest BCUT2D eigenvalue weighted by Gasteiger charge is -2.43. The SMILES string of the molecule is CC(=O)O[C@H]1[C@H](OC(C)=O)[C@H](Oc2ccc(CO)cc2)O[C@@H](C)[C@H]1OC(C)=O. The van der Waals surface area contributed by atoms with Gasteiger partial charge in [-0.05, 0) is 24.6 Å². The number of esters is 3. The van der Waals surface area contributed by atoms with Crippen LogP contribution in [0.2, 0.25) is 0 Å². The standard InChI is InChI=1S/C19H24O9/c1-10-16(25-11(2)21)17(26-12(3)22)18(27-13(4)23)19(24-10)28-15-7-5-14(9-20)6-8-15/h5-8,10,16-20H,9H2,1-4H3/t10-,16+,17+,18-,19-/m0/s1. The first-order valence-electron chi connectivity index (χ1n) is 8.74. The minimum Gasteiger partial charge on any atom is -0.461 e. The van der Waals surface area contributed by atoms with Crippen LogP contribution in [0.4, 0.5) is 0 Å². The van der Waals surface area contributed by atoms with Crippen LogP contribution in [0.25, 0.3) is 0 Å². The van der Waals surface area contributed by atoms with E-state index in [0.29, 0.717) is 11.3 Å². The molecule has 0 aromatic heterocycles. The van der Waals surface area contributed by atoms with E-state index in [9.17, 15) is 14.4 Å². The Hall–Kier alpha value is -2.65. The van der Waals surface area contributed by atoms with E-state index in [1.54, 1.807) is 31.2 Å². The van der Waals surface area contributed by atoms with E-state index in [2.05, 4.69) is 0 Å². The maximum atomic E-state index is 11.6. The number of hydrogen-bond donors (Lipinski definition) is 1. The molecule has 1 aromatic rings. The van der Waals surface area contributed by atoms with Crippen LogP contribution in [-0.2, 0) is 39.9 Å². The van der Waals surface area contributed by atoms with E-state index in [4.69, 9.17) is 28.8 Å². The molecule has 1 aromatic carbocycles. The summed E-state index contributed by atoms with van der Waals surface area (Å²) in [6.07, 6.45) is -5.09. The van der Waals surface area contributed by atoms with Crippen molar-refractivity contribution in [3.8, 4) is 5.75 Å². The highest BCUT2D eigenvalue weighted by Crippen LogP contribution is 2.30. The molecule has 0 radical (unpaired) electrons. The molecule has 1 fully saturated rings. The average molecular weight is 396 g/mol. The van der Waals surface area contributed by atoms with Gasteiger partial charge in [-0.15, -0.1) is 0 Å². The molecule has 28 heavy (non-hydrogen) atoms. The van der Waals surface area contributed by atoms with Gasteiger partial charge >= 0.3 is 17.9 Å². The lowest BCUT2D eigenvalue weighted by molar-refractivity contribution is -0.280. The molecule has 1 aliphatic heterocycles. The number of rotatable bonds is 6. The van der Waals surface area contributed by atoms with Crippen molar-refractivity contribution in [3.05, 3.63) is 29.8 Å². The van der Waals surface area contributed by atoms with E-state index in [1.807, 2.05) is 0 Å². The molecule has 0 saturated carbocycles. The highest BCUT2D eigenvalue weighted by Gasteiger charge is 2.51. The monoisotopic (exact) mass is 396 g/mol. The van der Waals surface area contributed by atoms with E-state index in [-0.39, 0.29) is 6.61 Å². The van der Waals surface area contributed by atoms with E-state index >= 15 is 0 Å². The van der Waals surface area contributed by atoms with Crippen molar-refractivity contribution in [3.63, 3.8) is 0 Å². The van der Waals surface area contributed by atoms with E-state index < -0.39 is 48.6 Å². The largest absolute Gasteiger partial charge is 0.461 e. The van der Waals surface area contributed by atoms with Gasteiger partial charge in [0.05, 0.1) is 12.7 Å². The number of carbonyl (C=O) groups excluding carboxylic acids is 3. The molecule has 0 aliphatic carbocycles. The average Bonchev–Trinajstić information content (AvgIpc) is 2.61. The van der Waals surface area contributed by atoms with Crippen molar-refractivity contribution < 1.29 is 43.2 Å². The number of carbonyl (C=O) groups is 3. The molecule has 0 unspecified atom stereocenters. The third kappa shape index (κ3) is 5.67.